The highest BCUT2D eigenvalue weighted by atomic mass is 32.2. The monoisotopic (exact) mass is 430 g/mol. The first kappa shape index (κ1) is 28.3. The maximum absolute atomic E-state index is 11.7. The molecule has 172 valence electrons. The van der Waals surface area contributed by atoms with Crippen molar-refractivity contribution in [3.8, 4) is 0 Å². The smallest absolute Gasteiger partial charge is 0.306 e. The van der Waals surface area contributed by atoms with Crippen molar-refractivity contribution in [1.29, 1.82) is 0 Å². The van der Waals surface area contributed by atoms with Gasteiger partial charge in [0.25, 0.3) is 0 Å². The van der Waals surface area contributed by atoms with Gasteiger partial charge in [-0.2, -0.15) is 11.8 Å². The van der Waals surface area contributed by atoms with Gasteiger partial charge in [-0.05, 0) is 12.8 Å². The van der Waals surface area contributed by atoms with Gasteiger partial charge in [0.15, 0.2) is 0 Å². The quantitative estimate of drug-likeness (QED) is 0.136. The molecule has 0 heterocycles. The zero-order valence-electron chi connectivity index (χ0n) is 19.2. The van der Waals surface area contributed by atoms with Crippen LogP contribution < -0.4 is 0 Å². The molecule has 0 aromatic carbocycles. The van der Waals surface area contributed by atoms with Gasteiger partial charge in [-0.3, -0.25) is 9.59 Å². The van der Waals surface area contributed by atoms with Crippen LogP contribution >= 0.6 is 11.8 Å². The highest BCUT2D eigenvalue weighted by Gasteiger charge is 2.05. The van der Waals surface area contributed by atoms with Gasteiger partial charge in [-0.1, -0.05) is 90.9 Å². The average molecular weight is 431 g/mol. The molecule has 0 aliphatic heterocycles. The predicted octanol–water partition coefficient (Wildman–Crippen LogP) is 7.09. The van der Waals surface area contributed by atoms with Crippen LogP contribution in [0, 0.1) is 0 Å². The molecule has 0 N–H and O–H groups in total. The molecule has 29 heavy (non-hydrogen) atoms. The van der Waals surface area contributed by atoms with E-state index >= 15 is 0 Å². The number of carbonyl (C=O) groups is 2. The number of hydrogen-bond donors (Lipinski definition) is 0. The molecule has 4 nitrogen and oxygen atoms in total. The summed E-state index contributed by atoms with van der Waals surface area (Å²) in [4.78, 5) is 23.3. The summed E-state index contributed by atoms with van der Waals surface area (Å²) in [5.74, 6) is 1.18. The van der Waals surface area contributed by atoms with Crippen molar-refractivity contribution in [1.82, 2.24) is 0 Å². The lowest BCUT2D eigenvalue weighted by Crippen LogP contribution is -2.09. The van der Waals surface area contributed by atoms with Crippen LogP contribution in [0.1, 0.15) is 117 Å². The largest absolute Gasteiger partial charge is 0.466 e. The molecule has 5 heteroatoms. The molecule has 0 bridgehead atoms. The minimum absolute atomic E-state index is 0.120. The first-order valence-electron chi connectivity index (χ1n) is 12.1. The fourth-order valence-electron chi connectivity index (χ4n) is 3.05. The molecule has 0 amide bonds. The predicted molar refractivity (Wildman–Crippen MR) is 124 cm³/mol. The normalized spacial score (nSPS) is 10.8. The maximum Gasteiger partial charge on any atom is 0.306 e. The number of ether oxygens (including phenoxy) is 2. The van der Waals surface area contributed by atoms with Crippen molar-refractivity contribution in [2.75, 3.05) is 24.7 Å². The summed E-state index contributed by atoms with van der Waals surface area (Å²) in [6.07, 6.45) is 18.0. The summed E-state index contributed by atoms with van der Waals surface area (Å²) in [6, 6.07) is 0. The summed E-state index contributed by atoms with van der Waals surface area (Å²) < 4.78 is 10.5. The summed E-state index contributed by atoms with van der Waals surface area (Å²) in [5.41, 5.74) is 0. The number of hydrogen-bond acceptors (Lipinski definition) is 5. The van der Waals surface area contributed by atoms with E-state index in [0.717, 1.165) is 25.7 Å². The van der Waals surface area contributed by atoms with Crippen LogP contribution in [0.4, 0.5) is 0 Å². The van der Waals surface area contributed by atoms with Gasteiger partial charge in [0.2, 0.25) is 0 Å². The molecule has 0 aromatic rings. The molecule has 0 fully saturated rings. The Balaban J connectivity index is 3.29. The molecular formula is C24H46O4S. The third-order valence-electron chi connectivity index (χ3n) is 4.92. The lowest BCUT2D eigenvalue weighted by molar-refractivity contribution is -0.144. The van der Waals surface area contributed by atoms with E-state index in [2.05, 4.69) is 13.8 Å². The van der Waals surface area contributed by atoms with Gasteiger partial charge in [-0.15, -0.1) is 0 Å². The Hall–Kier alpha value is -0.710. The first-order chi connectivity index (χ1) is 14.2. The Kier molecular flexibility index (Phi) is 23.0. The van der Waals surface area contributed by atoms with E-state index in [0.29, 0.717) is 37.6 Å². The van der Waals surface area contributed by atoms with Crippen molar-refractivity contribution < 1.29 is 19.1 Å². The van der Waals surface area contributed by atoms with Crippen molar-refractivity contribution >= 4 is 23.7 Å². The Labute approximate surface area is 184 Å². The van der Waals surface area contributed by atoms with Gasteiger partial charge in [0.1, 0.15) is 0 Å². The molecule has 0 aromatic heterocycles. The fourth-order valence-corrected chi connectivity index (χ4v) is 3.87. The summed E-state index contributed by atoms with van der Waals surface area (Å²) in [5, 5.41) is 0. The molecule has 0 spiro atoms. The van der Waals surface area contributed by atoms with Crippen LogP contribution in [0.2, 0.25) is 0 Å². The van der Waals surface area contributed by atoms with Gasteiger partial charge in [0.05, 0.1) is 26.1 Å². The van der Waals surface area contributed by atoms with E-state index in [9.17, 15) is 9.59 Å². The fraction of sp³-hybridized carbons (Fsp3) is 0.917. The molecule has 0 atom stereocenters. The second kappa shape index (κ2) is 23.6. The Morgan fingerprint density at radius 1 is 0.552 bits per heavy atom. The maximum atomic E-state index is 11.7. The lowest BCUT2D eigenvalue weighted by atomic mass is 10.1. The van der Waals surface area contributed by atoms with Gasteiger partial charge in [-0.25, -0.2) is 0 Å². The first-order valence-corrected chi connectivity index (χ1v) is 13.2. The molecule has 0 rings (SSSR count). The number of unbranched alkanes of at least 4 members (excludes halogenated alkanes) is 12. The number of esters is 2. The van der Waals surface area contributed by atoms with Crippen molar-refractivity contribution in [3.05, 3.63) is 0 Å². The zero-order chi connectivity index (χ0) is 21.4. The van der Waals surface area contributed by atoms with Gasteiger partial charge < -0.3 is 9.47 Å². The highest BCUT2D eigenvalue weighted by molar-refractivity contribution is 7.99. The van der Waals surface area contributed by atoms with E-state index in [1.165, 1.54) is 64.2 Å². The van der Waals surface area contributed by atoms with Crippen molar-refractivity contribution in [2.24, 2.45) is 0 Å². The van der Waals surface area contributed by atoms with E-state index in [1.54, 1.807) is 11.8 Å². The van der Waals surface area contributed by atoms with Crippen LogP contribution in [0.5, 0.6) is 0 Å². The summed E-state index contributed by atoms with van der Waals surface area (Å²) >= 11 is 1.62. The molecule has 0 radical (unpaired) electrons. The highest BCUT2D eigenvalue weighted by Crippen LogP contribution is 2.10. The number of thioether (sulfide) groups is 1. The molecule has 0 aliphatic carbocycles. The van der Waals surface area contributed by atoms with Crippen molar-refractivity contribution in [2.45, 2.75) is 117 Å². The zero-order valence-corrected chi connectivity index (χ0v) is 20.0. The SMILES string of the molecule is CCCCCCCCCOC(=O)CCSCCC(=O)OCCCCCCCCC. The minimum atomic E-state index is -0.120. The summed E-state index contributed by atoms with van der Waals surface area (Å²) in [7, 11) is 0. The van der Waals surface area contributed by atoms with Gasteiger partial charge >= 0.3 is 11.9 Å². The Morgan fingerprint density at radius 3 is 1.28 bits per heavy atom. The topological polar surface area (TPSA) is 52.6 Å². The average Bonchev–Trinajstić information content (AvgIpc) is 2.71. The lowest BCUT2D eigenvalue weighted by Gasteiger charge is -2.06. The van der Waals surface area contributed by atoms with Crippen LogP contribution in [0.25, 0.3) is 0 Å². The van der Waals surface area contributed by atoms with E-state index in [1.807, 2.05) is 0 Å². The van der Waals surface area contributed by atoms with Crippen LogP contribution in [0.15, 0.2) is 0 Å². The van der Waals surface area contributed by atoms with Crippen LogP contribution in [-0.4, -0.2) is 36.7 Å². The van der Waals surface area contributed by atoms with Crippen molar-refractivity contribution in [3.63, 3.8) is 0 Å². The van der Waals surface area contributed by atoms with Crippen LogP contribution in [-0.2, 0) is 19.1 Å². The molecule has 0 unspecified atom stereocenters. The molecule has 0 aliphatic rings. The van der Waals surface area contributed by atoms with Crippen LogP contribution in [0.3, 0.4) is 0 Å². The number of rotatable bonds is 22. The minimum Gasteiger partial charge on any atom is -0.466 e. The van der Waals surface area contributed by atoms with E-state index in [4.69, 9.17) is 9.47 Å². The third kappa shape index (κ3) is 23.4. The molecular weight excluding hydrogens is 384 g/mol. The second-order valence-corrected chi connectivity index (χ2v) is 9.02. The van der Waals surface area contributed by atoms with E-state index in [-0.39, 0.29) is 11.9 Å². The second-order valence-electron chi connectivity index (χ2n) is 7.80. The molecule has 0 saturated heterocycles. The third-order valence-corrected chi connectivity index (χ3v) is 5.91. The standard InChI is InChI=1S/C24H46O4S/c1-3-5-7-9-11-13-15-19-27-23(25)17-21-29-22-18-24(26)28-20-16-14-12-10-8-6-4-2/h3-22H2,1-2H3. The molecule has 0 saturated carbocycles. The van der Waals surface area contributed by atoms with Gasteiger partial charge in [0, 0.05) is 11.5 Å². The Morgan fingerprint density at radius 2 is 0.897 bits per heavy atom. The summed E-state index contributed by atoms with van der Waals surface area (Å²) in [6.45, 7) is 5.53. The number of carbonyl (C=O) groups excluding carboxylic acids is 2. The Bertz CT molecular complexity index is 340. The van der Waals surface area contributed by atoms with E-state index < -0.39 is 0 Å².